The van der Waals surface area contributed by atoms with Crippen LogP contribution in [0.5, 0.6) is 0 Å². The molecule has 0 amide bonds. The molecule has 145 valence electrons. The van der Waals surface area contributed by atoms with Gasteiger partial charge in [-0.3, -0.25) is 17.7 Å². The number of hydrogen-bond donors (Lipinski definition) is 1. The summed E-state index contributed by atoms with van der Waals surface area (Å²) < 4.78 is 0. The van der Waals surface area contributed by atoms with Crippen molar-refractivity contribution < 1.29 is 124 Å². The van der Waals surface area contributed by atoms with Crippen LogP contribution in [0.2, 0.25) is 0 Å². The van der Waals surface area contributed by atoms with Crippen LogP contribution in [0.25, 0.3) is 44.1 Å². The van der Waals surface area contributed by atoms with E-state index in [1.54, 1.807) is 0 Å². The van der Waals surface area contributed by atoms with Crippen molar-refractivity contribution in [3.8, 4) is 22.3 Å². The third-order valence-electron chi connectivity index (χ3n) is 5.45. The monoisotopic (exact) mass is 781 g/mol. The van der Waals surface area contributed by atoms with Crippen molar-refractivity contribution in [1.82, 2.24) is 4.98 Å². The third-order valence-corrected chi connectivity index (χ3v) is 5.45. The molecule has 1 nitrogen and oxygen atoms in total. The minimum Gasteiger partial charge on any atom is -0.355 e. The average molecular weight is 781 g/mol. The summed E-state index contributed by atoms with van der Waals surface area (Å²) in [6.07, 6.45) is 0. The van der Waals surface area contributed by atoms with Crippen molar-refractivity contribution in [1.29, 1.82) is 0 Å². The van der Waals surface area contributed by atoms with Crippen LogP contribution in [0.15, 0.2) is 60.7 Å². The van der Waals surface area contributed by atoms with E-state index in [1.807, 2.05) is 12.1 Å². The molecule has 0 saturated carbocycles. The van der Waals surface area contributed by atoms with Gasteiger partial charge in [0.05, 0.1) is 0 Å². The number of nitrogens with one attached hydrogen (secondary N) is 1. The maximum Gasteiger partial charge on any atom is 0.0448 e. The second-order valence-corrected chi connectivity index (χ2v) is 7.54. The minimum absolute atomic E-state index is 0. The fourth-order valence-corrected chi connectivity index (χ4v) is 4.05. The quantitative estimate of drug-likeness (QED) is 0.186. The summed E-state index contributed by atoms with van der Waals surface area (Å²) in [7, 11) is 0. The van der Waals surface area contributed by atoms with E-state index in [0.717, 1.165) is 16.6 Å². The molecule has 0 spiro atoms. The summed E-state index contributed by atoms with van der Waals surface area (Å²) in [5.74, 6) is 0. The summed E-state index contributed by atoms with van der Waals surface area (Å²) in [6, 6.07) is 31.3. The standard InChI is InChI=1S/C27H20N.3Pr/c1-17-8-11-23(19(3)14-17)21-10-13-27-25(16-21)24-15-20(9-12-26(24)28-27)22-7-5-4-6-18(22)2;;;/h5-6,8-10,12-16,28H,1-3H3;;;/q-3;;;. The number of fused-ring (bicyclic) bond motifs is 3. The summed E-state index contributed by atoms with van der Waals surface area (Å²) in [4.78, 5) is 3.55. The van der Waals surface area contributed by atoms with Gasteiger partial charge >= 0.3 is 0 Å². The van der Waals surface area contributed by atoms with E-state index < -0.39 is 0 Å². The van der Waals surface area contributed by atoms with Crippen molar-refractivity contribution in [2.45, 2.75) is 20.8 Å². The SMILES string of the molecule is Cc1c[c-]c(-c2ccc3[nH]c4ccc(-c5[c-]c[c-]cc5C)cc4c3c2)c(C)c1.[Pr].[Pr].[Pr]. The van der Waals surface area contributed by atoms with E-state index in [2.05, 4.69) is 92.5 Å². The summed E-state index contributed by atoms with van der Waals surface area (Å²) >= 11 is 0. The van der Waals surface area contributed by atoms with Crippen LogP contribution in [0.3, 0.4) is 0 Å². The van der Waals surface area contributed by atoms with Crippen molar-refractivity contribution in [3.63, 3.8) is 0 Å². The van der Waals surface area contributed by atoms with Gasteiger partial charge in [-0.25, -0.2) is 17.7 Å². The third kappa shape index (κ3) is 5.71. The Hall–Kier alpha value is 0.771. The molecular formula is C27H20NPr3-3. The van der Waals surface area contributed by atoms with Crippen LogP contribution in [0.4, 0.5) is 0 Å². The Morgan fingerprint density at radius 3 is 1.77 bits per heavy atom. The van der Waals surface area contributed by atoms with E-state index in [-0.39, 0.29) is 124 Å². The first-order chi connectivity index (χ1) is 13.6. The van der Waals surface area contributed by atoms with Gasteiger partial charge in [0.15, 0.2) is 0 Å². The zero-order valence-corrected chi connectivity index (χ0v) is 29.1. The molecule has 0 saturated heterocycles. The molecule has 0 atom stereocenters. The largest absolute Gasteiger partial charge is 0.355 e. The normalized spacial score (nSPS) is 10.3. The number of aromatic nitrogens is 1. The molecule has 0 unspecified atom stereocenters. The molecule has 1 N–H and O–H groups in total. The zero-order valence-electron chi connectivity index (χ0n) is 18.0. The van der Waals surface area contributed by atoms with Gasteiger partial charge in [-0.15, -0.1) is 53.9 Å². The van der Waals surface area contributed by atoms with E-state index in [4.69, 9.17) is 0 Å². The molecule has 5 aromatic rings. The molecule has 0 bridgehead atoms. The Kier molecular flexibility index (Phi) is 10.8. The van der Waals surface area contributed by atoms with Crippen LogP contribution in [0.1, 0.15) is 16.7 Å². The fraction of sp³-hybridized carbons (Fsp3) is 0.111. The average Bonchev–Trinajstić information content (AvgIpc) is 3.05. The predicted molar refractivity (Wildman–Crippen MR) is 117 cm³/mol. The van der Waals surface area contributed by atoms with Gasteiger partial charge in [-0.05, 0) is 16.8 Å². The van der Waals surface area contributed by atoms with E-state index in [0.29, 0.717) is 0 Å². The van der Waals surface area contributed by atoms with Crippen molar-refractivity contribution in [2.24, 2.45) is 0 Å². The molecule has 1 aromatic heterocycles. The first kappa shape index (κ1) is 28.0. The molecule has 0 aliphatic rings. The van der Waals surface area contributed by atoms with Crippen LogP contribution in [0, 0.1) is 163 Å². The Bertz CT molecular complexity index is 1350. The molecule has 0 fully saturated rings. The van der Waals surface area contributed by atoms with Gasteiger partial charge in [0.1, 0.15) is 0 Å². The molecule has 0 aliphatic heterocycles. The van der Waals surface area contributed by atoms with Crippen LogP contribution >= 0.6 is 0 Å². The van der Waals surface area contributed by atoms with Crippen molar-refractivity contribution in [3.05, 3.63) is 95.6 Å². The molecule has 4 heteroatoms. The zero-order chi connectivity index (χ0) is 19.3. The van der Waals surface area contributed by atoms with Crippen LogP contribution < -0.4 is 0 Å². The summed E-state index contributed by atoms with van der Waals surface area (Å²) in [5.41, 5.74) is 10.7. The first-order valence-electron chi connectivity index (χ1n) is 9.54. The molecule has 5 rings (SSSR count). The fourth-order valence-electron chi connectivity index (χ4n) is 4.05. The van der Waals surface area contributed by atoms with E-state index in [1.165, 1.54) is 44.2 Å². The van der Waals surface area contributed by atoms with Gasteiger partial charge in [0, 0.05) is 135 Å². The maximum atomic E-state index is 3.55. The van der Waals surface area contributed by atoms with Gasteiger partial charge in [0.25, 0.3) is 0 Å². The molecule has 4 aromatic carbocycles. The van der Waals surface area contributed by atoms with Gasteiger partial charge in [-0.1, -0.05) is 37.6 Å². The maximum absolute atomic E-state index is 3.55. The second-order valence-electron chi connectivity index (χ2n) is 7.54. The topological polar surface area (TPSA) is 15.8 Å². The van der Waals surface area contributed by atoms with Gasteiger partial charge in [-0.2, -0.15) is 5.56 Å². The second kappa shape index (κ2) is 12.0. The van der Waals surface area contributed by atoms with Crippen LogP contribution in [-0.4, -0.2) is 4.98 Å². The van der Waals surface area contributed by atoms with E-state index >= 15 is 0 Å². The van der Waals surface area contributed by atoms with Gasteiger partial charge in [0.2, 0.25) is 0 Å². The molecule has 31 heavy (non-hydrogen) atoms. The van der Waals surface area contributed by atoms with Gasteiger partial charge < -0.3 is 4.98 Å². The number of benzene rings is 4. The number of aryl methyl sites for hydroxylation is 3. The van der Waals surface area contributed by atoms with Crippen molar-refractivity contribution >= 4 is 21.8 Å². The Morgan fingerprint density at radius 1 is 0.645 bits per heavy atom. The van der Waals surface area contributed by atoms with Crippen LogP contribution in [-0.2, 0) is 0 Å². The Morgan fingerprint density at radius 2 is 1.23 bits per heavy atom. The summed E-state index contributed by atoms with van der Waals surface area (Å²) in [6.45, 7) is 6.37. The summed E-state index contributed by atoms with van der Waals surface area (Å²) in [5, 5.41) is 2.47. The minimum atomic E-state index is 0. The Balaban J connectivity index is 0.00000114. The molecule has 0 aliphatic carbocycles. The number of H-pyrrole nitrogens is 1. The number of hydrogen-bond acceptors (Lipinski definition) is 0. The number of aromatic amines is 1. The smallest absolute Gasteiger partial charge is 0.0448 e. The molecule has 3 radical (unpaired) electrons. The van der Waals surface area contributed by atoms with Crippen molar-refractivity contribution in [2.75, 3.05) is 0 Å². The first-order valence-corrected chi connectivity index (χ1v) is 9.54. The predicted octanol–water partition coefficient (Wildman–Crippen LogP) is 6.98. The molecular weight excluding hydrogens is 761 g/mol. The Labute approximate surface area is 284 Å². The van der Waals surface area contributed by atoms with E-state index in [9.17, 15) is 0 Å². The molecule has 1 heterocycles. The number of rotatable bonds is 2.